The van der Waals surface area contributed by atoms with Crippen LogP contribution >= 0.6 is 0 Å². The number of ether oxygens (including phenoxy) is 8. The fourth-order valence-electron chi connectivity index (χ4n) is 18.5. The van der Waals surface area contributed by atoms with Crippen LogP contribution < -0.4 is 0 Å². The van der Waals surface area contributed by atoms with E-state index in [0.717, 1.165) is 70.4 Å². The van der Waals surface area contributed by atoms with Gasteiger partial charge in [0.1, 0.15) is 78.9 Å². The van der Waals surface area contributed by atoms with Crippen molar-refractivity contribution in [3.05, 3.63) is 11.9 Å². The summed E-state index contributed by atoms with van der Waals surface area (Å²) in [5.41, 5.74) is -0.126. The molecule has 5 heterocycles. The predicted molar refractivity (Wildman–Crippen MR) is 404 cm³/mol. The quantitative estimate of drug-likeness (QED) is 0.0282. The summed E-state index contributed by atoms with van der Waals surface area (Å²) in [7, 11) is -83.9. The molecule has 9 rings (SSSR count). The number of hydrogen-bond donors (Lipinski definition) is 13. The molecule has 9 unspecified atom stereocenters. The van der Waals surface area contributed by atoms with E-state index in [1.54, 1.807) is 0 Å². The molecular weight excluding hydrogens is 2070 g/mol. The Hall–Kier alpha value is -2.87. The molecule has 0 aromatic carbocycles. The van der Waals surface area contributed by atoms with Crippen LogP contribution in [0.3, 0.4) is 0 Å². The third-order valence-electron chi connectivity index (χ3n) is 23.0. The third-order valence-corrected chi connectivity index (χ3v) is 28.9. The van der Waals surface area contributed by atoms with Gasteiger partial charge < -0.3 is 37.9 Å². The lowest BCUT2D eigenvalue weighted by atomic mass is 9.44. The molecule has 63 nitrogen and oxygen atoms in total. The molecule has 0 spiro atoms. The summed E-state index contributed by atoms with van der Waals surface area (Å²) >= 11 is 0. The van der Waals surface area contributed by atoms with Gasteiger partial charge in [-0.1, -0.05) is 59.1 Å². The van der Waals surface area contributed by atoms with E-state index < -0.39 is 297 Å². The number of hydrogen-bond acceptors (Lipinski definition) is 49. The van der Waals surface area contributed by atoms with E-state index in [2.05, 4.69) is 90.9 Å². The number of rotatable bonds is 45. The maximum atomic E-state index is 13.2. The average molecular weight is 2160 g/mol. The van der Waals surface area contributed by atoms with Gasteiger partial charge in [-0.15, -0.1) is 5.10 Å². The number of nitrogens with zero attached hydrogens (tertiary/aromatic N) is 3. The summed E-state index contributed by atoms with van der Waals surface area (Å²) in [6, 6.07) is 0. The van der Waals surface area contributed by atoms with Crippen molar-refractivity contribution < 1.29 is 261 Å². The normalized spacial score (nSPS) is 36.0. The van der Waals surface area contributed by atoms with Crippen molar-refractivity contribution in [1.29, 1.82) is 0 Å². The zero-order chi connectivity index (χ0) is 97.8. The Bertz CT molecular complexity index is 5720. The van der Waals surface area contributed by atoms with Crippen LogP contribution in [0.25, 0.3) is 0 Å². The molecule has 0 radical (unpaired) electrons. The van der Waals surface area contributed by atoms with Crippen LogP contribution in [0.1, 0.15) is 124 Å². The lowest BCUT2D eigenvalue weighted by Crippen LogP contribution is -2.69. The number of fused-ring (bicyclic) bond motifs is 5. The summed E-state index contributed by atoms with van der Waals surface area (Å²) in [5, 5.41) is 7.77. The molecule has 0 bridgehead atoms. The Kier molecular flexibility index (Phi) is 35.4. The van der Waals surface area contributed by atoms with E-state index in [1.807, 2.05) is 0 Å². The Labute approximate surface area is 743 Å². The highest BCUT2D eigenvalue weighted by atomic mass is 32.3. The Balaban J connectivity index is 1.11. The van der Waals surface area contributed by atoms with Crippen LogP contribution in [0.5, 0.6) is 0 Å². The molecule has 0 amide bonds. The smallest absolute Gasteiger partial charge is 0.372 e. The van der Waals surface area contributed by atoms with Crippen molar-refractivity contribution in [2.24, 2.45) is 52.3 Å². The topological polar surface area (TPSA) is 931 Å². The lowest BCUT2D eigenvalue weighted by Gasteiger charge is -2.61. The third kappa shape index (κ3) is 32.3. The summed E-state index contributed by atoms with van der Waals surface area (Å²) in [6.45, 7) is 2.14. The lowest BCUT2D eigenvalue weighted by molar-refractivity contribution is -0.376. The highest BCUT2D eigenvalue weighted by Crippen LogP contribution is 2.69. The van der Waals surface area contributed by atoms with Crippen molar-refractivity contribution in [1.82, 2.24) is 15.0 Å². The van der Waals surface area contributed by atoms with E-state index in [4.69, 9.17) is 46.3 Å². The van der Waals surface area contributed by atoms with Gasteiger partial charge in [-0.3, -0.25) is 59.2 Å². The van der Waals surface area contributed by atoms with Crippen molar-refractivity contribution in [3.63, 3.8) is 0 Å². The second kappa shape index (κ2) is 41.5. The summed E-state index contributed by atoms with van der Waals surface area (Å²) in [5.74, 6) is 3.39. The molecule has 76 heteroatoms. The molecule has 29 atom stereocenters. The van der Waals surface area contributed by atoms with Crippen LogP contribution in [0.2, 0.25) is 0 Å². The van der Waals surface area contributed by atoms with Gasteiger partial charge in [-0.25, -0.2) is 59.1 Å². The predicted octanol–water partition coefficient (Wildman–Crippen LogP) is -3.52. The van der Waals surface area contributed by atoms with Gasteiger partial charge in [0, 0.05) is 0 Å². The Morgan fingerprint density at radius 1 is 0.377 bits per heavy atom. The van der Waals surface area contributed by atoms with Crippen LogP contribution in [0, 0.1) is 52.3 Å². The zero-order valence-electron chi connectivity index (χ0n) is 66.9. The first-order valence-electron chi connectivity index (χ1n) is 37.4. The molecule has 760 valence electrons. The molecule has 8 fully saturated rings. The maximum absolute atomic E-state index is 13.2. The minimum absolute atomic E-state index is 0.0846. The van der Waals surface area contributed by atoms with Crippen molar-refractivity contribution >= 4 is 135 Å². The van der Waals surface area contributed by atoms with E-state index in [0.29, 0.717) is 53.0 Å². The minimum Gasteiger partial charge on any atom is -0.372 e. The molecule has 4 aliphatic heterocycles. The molecule has 4 saturated heterocycles. The average Bonchev–Trinajstić information content (AvgIpc) is 1.52. The first kappa shape index (κ1) is 111. The summed E-state index contributed by atoms with van der Waals surface area (Å²) < 4.78 is 562. The summed E-state index contributed by atoms with van der Waals surface area (Å²) in [6.07, 6.45) is -59.1. The molecule has 8 aliphatic rings. The molecule has 4 saturated carbocycles. The molecule has 1 aromatic heterocycles. The second-order valence-corrected chi connectivity index (χ2v) is 45.6. The highest BCUT2D eigenvalue weighted by Gasteiger charge is 2.65. The zero-order valence-corrected chi connectivity index (χ0v) is 77.5. The van der Waals surface area contributed by atoms with E-state index in [-0.39, 0.29) is 22.4 Å². The summed E-state index contributed by atoms with van der Waals surface area (Å²) in [4.78, 5) is 0. The van der Waals surface area contributed by atoms with Crippen LogP contribution in [-0.4, -0.2) is 333 Å². The van der Waals surface area contributed by atoms with Gasteiger partial charge in [0.25, 0.3) is 0 Å². The Morgan fingerprint density at radius 3 is 1.08 bits per heavy atom. The van der Waals surface area contributed by atoms with Gasteiger partial charge in [-0.2, -0.15) is 109 Å². The van der Waals surface area contributed by atoms with Crippen molar-refractivity contribution in [2.75, 3.05) is 26.4 Å². The van der Waals surface area contributed by atoms with Gasteiger partial charge in [0.2, 0.25) is 0 Å². The molecule has 13 N–H and O–H groups in total. The Morgan fingerprint density at radius 2 is 0.708 bits per heavy atom. The van der Waals surface area contributed by atoms with Crippen molar-refractivity contribution in [3.8, 4) is 0 Å². The second-order valence-electron chi connectivity index (χ2n) is 31.8. The minimum atomic E-state index is -6.80. The van der Waals surface area contributed by atoms with Crippen molar-refractivity contribution in [2.45, 2.75) is 247 Å². The number of aromatic nitrogens is 3. The first-order chi connectivity index (χ1) is 58.9. The fourth-order valence-corrected chi connectivity index (χ4v) is 24.2. The fraction of sp³-hybridized carbons (Fsp3) is 0.963. The van der Waals surface area contributed by atoms with E-state index >= 15 is 0 Å². The monoisotopic (exact) mass is 2160 g/mol. The van der Waals surface area contributed by atoms with Gasteiger partial charge >= 0.3 is 135 Å². The standard InChI is InChI=1S/C54H91N3O60S13/c1-24(2)7-6-8-25(3)30-11-12-31-29-10-9-26-17-28(13-15-53(26,4)32(29)14-16-54(30,31)5)97-19-27-18-57(56-55-27)49-45(114-127(85,86)87)41(110-123(73,74)75)37(33(102-49)20-98-118(58,59)60)106-50-46(115-128(88,89)90)42(111-124(76,77)78)38(34(103-50)21-99-119(61,62)63)107-51-47(116-129(91,92)93)43(112-125(79,80)81)39(35(104-51)22-100-120(64,65)66)108-52-48(117-130(94,95)96)44(113-126(82,83)84)40(109-122(70,71)72)36(105-52)23-101-121(67,68)69/h18,24-26,28-52H,6-17,19-23H2,1-5H3,(H,58,59,60)(H,61,62,63)(H,64,65,66)(H,67,68,69)(H,70,71,72)(H,73,74,75)(H,76,77,78)(H,79,80,81)(H,82,83,84)(H,85,86,87)(H,88,89,90)(H,91,92,93)(H,94,95,96)/t25-,26?,28?,29+,30-,31+,32+,33-,34-,35-,36-,37?,38?,39?,40-,41+,42+,43+,44+,45-,46-,47-,48-,49?,50?,51?,52?,53+,54-/m1/s1. The van der Waals surface area contributed by atoms with Gasteiger partial charge in [0.05, 0.1) is 45.3 Å². The van der Waals surface area contributed by atoms with E-state index in [1.165, 1.54) is 0 Å². The molecular formula is C54H91N3O60S13. The van der Waals surface area contributed by atoms with Gasteiger partial charge in [-0.05, 0) is 110 Å². The van der Waals surface area contributed by atoms with Crippen LogP contribution in [0.4, 0.5) is 0 Å². The molecule has 4 aliphatic carbocycles. The maximum Gasteiger partial charge on any atom is 0.397 e. The SMILES string of the molecule is CC(C)CCC[C@@H](C)[C@H]1CC[C@H]2[C@@H]3CCC4CC(OCc5cn(C6O[C@H](COS(=O)(=O)O)C(OC7O[C@H](COS(=O)(=O)O)C(OC8O[C@H](COS(=O)(=O)O)C(OC9O[C@H](COS(=O)(=O)O)[C@@H](OS(=O)(=O)O)[C@H](OS(=O)(=O)O)[C@H]9OS(=O)(=O)O)[C@H](OS(=O)(=O)O)[C@H]8OS(=O)(=O)O)[C@H](OS(=O)(=O)O)[C@H]7OS(=O)(=O)O)[C@H](OS(=O)(=O)O)[C@H]6OS(=O)(=O)O)nn5)CC[C@]4(C)[C@H]3CC[C@]12C. The van der Waals surface area contributed by atoms with E-state index in [9.17, 15) is 169 Å². The first-order valence-corrected chi connectivity index (χ1v) is 55.1. The highest BCUT2D eigenvalue weighted by molar-refractivity contribution is 7.83. The largest absolute Gasteiger partial charge is 0.397 e. The van der Waals surface area contributed by atoms with Gasteiger partial charge in [0.15, 0.2) is 49.5 Å². The van der Waals surface area contributed by atoms with Crippen LogP contribution in [0.15, 0.2) is 6.20 Å². The van der Waals surface area contributed by atoms with Crippen LogP contribution in [-0.2, 0) is 234 Å². The molecule has 130 heavy (non-hydrogen) atoms. The molecule has 1 aromatic rings.